The number of aromatic nitrogens is 2. The second-order valence-electron chi connectivity index (χ2n) is 4.46. The second-order valence-corrected chi connectivity index (χ2v) is 4.46. The first-order chi connectivity index (χ1) is 8.72. The van der Waals surface area contributed by atoms with E-state index in [4.69, 9.17) is 4.74 Å². The van der Waals surface area contributed by atoms with Crippen LogP contribution in [0.15, 0.2) is 6.20 Å². The van der Waals surface area contributed by atoms with Crippen LogP contribution < -0.4 is 5.32 Å². The minimum atomic E-state index is -0.170. The Labute approximate surface area is 107 Å². The van der Waals surface area contributed by atoms with Gasteiger partial charge in [0.05, 0.1) is 19.4 Å². The summed E-state index contributed by atoms with van der Waals surface area (Å²) in [5, 5.41) is 9.73. The molecule has 1 amide bonds. The molecular formula is C12H20N4O2. The predicted octanol–water partition coefficient (Wildman–Crippen LogP) is 0.0550. The summed E-state index contributed by atoms with van der Waals surface area (Å²) >= 11 is 0. The van der Waals surface area contributed by atoms with Gasteiger partial charge in [-0.3, -0.25) is 14.8 Å². The van der Waals surface area contributed by atoms with Gasteiger partial charge in [-0.15, -0.1) is 0 Å². The number of hydrogen-bond donors (Lipinski definition) is 2. The zero-order chi connectivity index (χ0) is 13.0. The molecule has 1 aliphatic rings. The molecule has 0 spiro atoms. The summed E-state index contributed by atoms with van der Waals surface area (Å²) in [6.07, 6.45) is 1.74. The summed E-state index contributed by atoms with van der Waals surface area (Å²) in [6, 6.07) is -0.170. The monoisotopic (exact) mass is 252 g/mol. The second kappa shape index (κ2) is 5.97. The molecule has 2 N–H and O–H groups in total. The summed E-state index contributed by atoms with van der Waals surface area (Å²) < 4.78 is 5.38. The Hall–Kier alpha value is -1.40. The van der Waals surface area contributed by atoms with Gasteiger partial charge in [0.1, 0.15) is 6.04 Å². The van der Waals surface area contributed by atoms with Gasteiger partial charge in [0.2, 0.25) is 5.91 Å². The molecule has 0 saturated carbocycles. The number of H-pyrrole nitrogens is 1. The van der Waals surface area contributed by atoms with Gasteiger partial charge in [-0.1, -0.05) is 6.92 Å². The third kappa shape index (κ3) is 2.88. The van der Waals surface area contributed by atoms with Gasteiger partial charge in [-0.2, -0.15) is 5.10 Å². The normalized spacial score (nSPS) is 20.9. The number of morpholine rings is 1. The van der Waals surface area contributed by atoms with Crippen molar-refractivity contribution in [2.24, 2.45) is 0 Å². The summed E-state index contributed by atoms with van der Waals surface area (Å²) in [5.41, 5.74) is 2.01. The highest BCUT2D eigenvalue weighted by atomic mass is 16.5. The number of ether oxygens (including phenoxy) is 1. The predicted molar refractivity (Wildman–Crippen MR) is 67.0 cm³/mol. The molecule has 18 heavy (non-hydrogen) atoms. The standard InChI is InChI=1S/C12H20N4O2/c1-3-16-4-5-18-8-11(16)12(17)13-6-10-7-14-15-9(10)2/h7,11H,3-6,8H2,1-2H3,(H,13,17)(H,14,15). The van der Waals surface area contributed by atoms with Crippen molar-refractivity contribution in [3.05, 3.63) is 17.5 Å². The molecule has 1 atom stereocenters. The highest BCUT2D eigenvalue weighted by Gasteiger charge is 2.27. The first-order valence-electron chi connectivity index (χ1n) is 6.30. The minimum absolute atomic E-state index is 0.0251. The van der Waals surface area contributed by atoms with Gasteiger partial charge in [-0.25, -0.2) is 0 Å². The van der Waals surface area contributed by atoms with E-state index in [1.807, 2.05) is 6.92 Å². The van der Waals surface area contributed by atoms with Gasteiger partial charge in [0.15, 0.2) is 0 Å². The number of amides is 1. The van der Waals surface area contributed by atoms with E-state index < -0.39 is 0 Å². The fourth-order valence-electron chi connectivity index (χ4n) is 2.11. The SMILES string of the molecule is CCN1CCOCC1C(=O)NCc1cn[nH]c1C. The molecule has 0 bridgehead atoms. The average molecular weight is 252 g/mol. The summed E-state index contributed by atoms with van der Waals surface area (Å²) in [5.74, 6) is 0.0251. The first kappa shape index (κ1) is 13.0. The van der Waals surface area contributed by atoms with E-state index in [2.05, 4.69) is 27.3 Å². The minimum Gasteiger partial charge on any atom is -0.378 e. The van der Waals surface area contributed by atoms with Gasteiger partial charge in [0, 0.05) is 24.3 Å². The lowest BCUT2D eigenvalue weighted by molar-refractivity contribution is -0.132. The molecule has 100 valence electrons. The number of hydrogen-bond acceptors (Lipinski definition) is 4. The molecule has 1 aromatic heterocycles. The molecule has 2 rings (SSSR count). The molecule has 6 nitrogen and oxygen atoms in total. The third-order valence-electron chi connectivity index (χ3n) is 3.34. The van der Waals surface area contributed by atoms with Crippen molar-refractivity contribution >= 4 is 5.91 Å². The van der Waals surface area contributed by atoms with E-state index in [0.717, 1.165) is 24.3 Å². The molecule has 1 saturated heterocycles. The van der Waals surface area contributed by atoms with Crippen LogP contribution >= 0.6 is 0 Å². The van der Waals surface area contributed by atoms with E-state index in [1.54, 1.807) is 6.20 Å². The van der Waals surface area contributed by atoms with E-state index in [1.165, 1.54) is 0 Å². The van der Waals surface area contributed by atoms with Crippen molar-refractivity contribution < 1.29 is 9.53 Å². The lowest BCUT2D eigenvalue weighted by Gasteiger charge is -2.33. The lowest BCUT2D eigenvalue weighted by Crippen LogP contribution is -2.53. The Morgan fingerprint density at radius 2 is 2.56 bits per heavy atom. The molecular weight excluding hydrogens is 232 g/mol. The molecule has 0 radical (unpaired) electrons. The van der Waals surface area contributed by atoms with Crippen molar-refractivity contribution in [2.45, 2.75) is 26.4 Å². The quantitative estimate of drug-likeness (QED) is 0.794. The number of aromatic amines is 1. The Kier molecular flexibility index (Phi) is 4.33. The number of rotatable bonds is 4. The number of carbonyl (C=O) groups is 1. The lowest BCUT2D eigenvalue weighted by atomic mass is 10.2. The van der Waals surface area contributed by atoms with Crippen molar-refractivity contribution in [3.63, 3.8) is 0 Å². The maximum absolute atomic E-state index is 12.1. The largest absolute Gasteiger partial charge is 0.378 e. The number of nitrogens with zero attached hydrogens (tertiary/aromatic N) is 2. The van der Waals surface area contributed by atoms with Gasteiger partial charge in [0.25, 0.3) is 0 Å². The molecule has 1 aliphatic heterocycles. The van der Waals surface area contributed by atoms with Crippen molar-refractivity contribution in [2.75, 3.05) is 26.3 Å². The summed E-state index contributed by atoms with van der Waals surface area (Å²) in [7, 11) is 0. The zero-order valence-electron chi connectivity index (χ0n) is 10.9. The highest BCUT2D eigenvalue weighted by Crippen LogP contribution is 2.07. The van der Waals surface area contributed by atoms with Crippen LogP contribution in [-0.2, 0) is 16.1 Å². The van der Waals surface area contributed by atoms with Gasteiger partial charge < -0.3 is 10.1 Å². The smallest absolute Gasteiger partial charge is 0.240 e. The first-order valence-corrected chi connectivity index (χ1v) is 6.30. The number of nitrogens with one attached hydrogen (secondary N) is 2. The van der Waals surface area contributed by atoms with Gasteiger partial charge in [-0.05, 0) is 13.5 Å². The van der Waals surface area contributed by atoms with Crippen LogP contribution in [0.1, 0.15) is 18.2 Å². The molecule has 1 unspecified atom stereocenters. The zero-order valence-corrected chi connectivity index (χ0v) is 10.9. The number of likely N-dealkylation sites (N-methyl/N-ethyl adjacent to an activating group) is 1. The average Bonchev–Trinajstić information content (AvgIpc) is 2.81. The van der Waals surface area contributed by atoms with Crippen LogP contribution in [0.2, 0.25) is 0 Å². The Balaban J connectivity index is 1.89. The van der Waals surface area contributed by atoms with Gasteiger partial charge >= 0.3 is 0 Å². The van der Waals surface area contributed by atoms with Crippen LogP contribution in [0.4, 0.5) is 0 Å². The summed E-state index contributed by atoms with van der Waals surface area (Å²) in [4.78, 5) is 14.3. The molecule has 2 heterocycles. The van der Waals surface area contributed by atoms with E-state index in [9.17, 15) is 4.79 Å². The highest BCUT2D eigenvalue weighted by molar-refractivity contribution is 5.82. The molecule has 1 fully saturated rings. The van der Waals surface area contributed by atoms with E-state index >= 15 is 0 Å². The fraction of sp³-hybridized carbons (Fsp3) is 0.667. The topological polar surface area (TPSA) is 70.2 Å². The van der Waals surface area contributed by atoms with E-state index in [0.29, 0.717) is 19.8 Å². The van der Waals surface area contributed by atoms with Crippen molar-refractivity contribution in [3.8, 4) is 0 Å². The summed E-state index contributed by atoms with van der Waals surface area (Å²) in [6.45, 7) is 7.38. The molecule has 6 heteroatoms. The maximum atomic E-state index is 12.1. The van der Waals surface area contributed by atoms with Crippen LogP contribution in [0.5, 0.6) is 0 Å². The van der Waals surface area contributed by atoms with Crippen LogP contribution in [0, 0.1) is 6.92 Å². The number of aryl methyl sites for hydroxylation is 1. The molecule has 1 aromatic rings. The fourth-order valence-corrected chi connectivity index (χ4v) is 2.11. The van der Waals surface area contributed by atoms with Crippen LogP contribution in [0.25, 0.3) is 0 Å². The molecule has 0 aromatic carbocycles. The maximum Gasteiger partial charge on any atom is 0.240 e. The van der Waals surface area contributed by atoms with Crippen molar-refractivity contribution in [1.82, 2.24) is 20.4 Å². The van der Waals surface area contributed by atoms with Crippen molar-refractivity contribution in [1.29, 1.82) is 0 Å². The molecule has 0 aliphatic carbocycles. The van der Waals surface area contributed by atoms with Crippen LogP contribution in [-0.4, -0.2) is 53.3 Å². The Morgan fingerprint density at radius 3 is 3.22 bits per heavy atom. The Bertz CT molecular complexity index is 405. The van der Waals surface area contributed by atoms with Crippen LogP contribution in [0.3, 0.4) is 0 Å². The van der Waals surface area contributed by atoms with E-state index in [-0.39, 0.29) is 11.9 Å². The third-order valence-corrected chi connectivity index (χ3v) is 3.34. The number of carbonyl (C=O) groups excluding carboxylic acids is 1. The Morgan fingerprint density at radius 1 is 1.72 bits per heavy atom.